The highest BCUT2D eigenvalue weighted by Gasteiger charge is 2.38. The number of pyridine rings is 1. The molecule has 3 aromatic rings. The summed E-state index contributed by atoms with van der Waals surface area (Å²) in [6, 6.07) is 2.74. The van der Waals surface area contributed by atoms with Crippen molar-refractivity contribution >= 4 is 23.0 Å². The molecule has 138 valence electrons. The van der Waals surface area contributed by atoms with Crippen LogP contribution in [0.25, 0.3) is 11.2 Å². The van der Waals surface area contributed by atoms with E-state index in [0.29, 0.717) is 17.7 Å². The van der Waals surface area contributed by atoms with Gasteiger partial charge in [-0.3, -0.25) is 9.36 Å². The Hall–Kier alpha value is -3.04. The van der Waals surface area contributed by atoms with Gasteiger partial charge >= 0.3 is 6.18 Å². The summed E-state index contributed by atoms with van der Waals surface area (Å²) in [7, 11) is 0. The summed E-state index contributed by atoms with van der Waals surface area (Å²) in [5, 5.41) is 2.44. The van der Waals surface area contributed by atoms with Gasteiger partial charge in [0.05, 0.1) is 5.56 Å². The molecule has 7 nitrogen and oxygen atoms in total. The predicted molar refractivity (Wildman–Crippen MR) is 87.2 cm³/mol. The molecule has 0 saturated heterocycles. The maximum atomic E-state index is 12.9. The fourth-order valence-electron chi connectivity index (χ4n) is 2.68. The molecule has 0 bridgehead atoms. The van der Waals surface area contributed by atoms with Gasteiger partial charge in [0.15, 0.2) is 5.65 Å². The van der Waals surface area contributed by atoms with Crippen LogP contribution in [0.1, 0.15) is 34.4 Å². The number of anilines is 1. The number of aromatic nitrogens is 3. The number of amides is 1. The van der Waals surface area contributed by atoms with Crippen molar-refractivity contribution in [1.29, 1.82) is 0 Å². The van der Waals surface area contributed by atoms with Gasteiger partial charge in [-0.25, -0.2) is 9.97 Å². The summed E-state index contributed by atoms with van der Waals surface area (Å²) in [5.41, 5.74) is 6.78. The lowest BCUT2D eigenvalue weighted by Crippen LogP contribution is -2.24. The highest BCUT2D eigenvalue weighted by Crippen LogP contribution is 2.34. The molecule has 0 fully saturated rings. The van der Waals surface area contributed by atoms with Crippen LogP contribution in [-0.2, 0) is 19.3 Å². The number of nitrogens with zero attached hydrogens (tertiary/aromatic N) is 3. The van der Waals surface area contributed by atoms with Crippen LogP contribution in [0.3, 0.4) is 0 Å². The fourth-order valence-corrected chi connectivity index (χ4v) is 2.68. The Kier molecular flexibility index (Phi) is 4.34. The normalized spacial score (nSPS) is 11.9. The van der Waals surface area contributed by atoms with Gasteiger partial charge in [-0.15, -0.1) is 0 Å². The number of carbonyl (C=O) groups excluding carboxylic acids is 1. The standard InChI is InChI=1S/C16H16F3N5O2/c1-3-24-13-11(23-15(24)20)5-10(7-21-13)14(25)22-6-9-4-8(2)26-12(9)16(17,18)19/h4-5,7H,3,6H2,1-2H3,(H2,20,23)(H,22,25). The first-order chi connectivity index (χ1) is 12.2. The minimum Gasteiger partial charge on any atom is -0.456 e. The Bertz CT molecular complexity index is 974. The molecular formula is C16H16F3N5O2. The summed E-state index contributed by atoms with van der Waals surface area (Å²) in [6.07, 6.45) is -3.30. The first-order valence-electron chi connectivity index (χ1n) is 7.77. The van der Waals surface area contributed by atoms with E-state index in [1.54, 1.807) is 4.57 Å². The van der Waals surface area contributed by atoms with Crippen LogP contribution < -0.4 is 11.1 Å². The highest BCUT2D eigenvalue weighted by atomic mass is 19.4. The van der Waals surface area contributed by atoms with Gasteiger partial charge < -0.3 is 15.5 Å². The van der Waals surface area contributed by atoms with E-state index >= 15 is 0 Å². The van der Waals surface area contributed by atoms with Crippen molar-refractivity contribution in [3.8, 4) is 0 Å². The number of aryl methyl sites for hydroxylation is 2. The Labute approximate surface area is 146 Å². The fraction of sp³-hybridized carbons (Fsp3) is 0.312. The summed E-state index contributed by atoms with van der Waals surface area (Å²) in [4.78, 5) is 20.6. The van der Waals surface area contributed by atoms with E-state index in [4.69, 9.17) is 5.73 Å². The second-order valence-corrected chi connectivity index (χ2v) is 5.67. The van der Waals surface area contributed by atoms with E-state index in [1.165, 1.54) is 25.3 Å². The molecule has 3 heterocycles. The molecule has 1 amide bonds. The van der Waals surface area contributed by atoms with Crippen molar-refractivity contribution in [1.82, 2.24) is 19.9 Å². The third-order valence-corrected chi connectivity index (χ3v) is 3.82. The highest BCUT2D eigenvalue weighted by molar-refractivity contribution is 5.96. The maximum Gasteiger partial charge on any atom is 0.449 e. The second-order valence-electron chi connectivity index (χ2n) is 5.67. The zero-order valence-electron chi connectivity index (χ0n) is 14.0. The Balaban J connectivity index is 1.80. The second kappa shape index (κ2) is 6.36. The van der Waals surface area contributed by atoms with Gasteiger partial charge in [0.1, 0.15) is 11.3 Å². The van der Waals surface area contributed by atoms with E-state index in [1.807, 2.05) is 6.92 Å². The van der Waals surface area contributed by atoms with E-state index in [0.717, 1.165) is 0 Å². The number of hydrogen-bond donors (Lipinski definition) is 2. The molecule has 0 aliphatic heterocycles. The zero-order chi connectivity index (χ0) is 19.1. The van der Waals surface area contributed by atoms with E-state index in [-0.39, 0.29) is 29.4 Å². The third-order valence-electron chi connectivity index (χ3n) is 3.82. The lowest BCUT2D eigenvalue weighted by molar-refractivity contribution is -0.154. The number of halogens is 3. The van der Waals surface area contributed by atoms with Gasteiger partial charge in [-0.1, -0.05) is 0 Å². The largest absolute Gasteiger partial charge is 0.456 e. The molecule has 3 rings (SSSR count). The molecule has 0 unspecified atom stereocenters. The molecule has 0 aliphatic rings. The summed E-state index contributed by atoms with van der Waals surface area (Å²) < 4.78 is 45.1. The van der Waals surface area contributed by atoms with Crippen LogP contribution in [0.2, 0.25) is 0 Å². The number of furan rings is 1. The molecule has 10 heteroatoms. The number of nitrogens with two attached hydrogens (primary N) is 1. The molecule has 0 spiro atoms. The van der Waals surface area contributed by atoms with Gasteiger partial charge in [0, 0.05) is 24.8 Å². The van der Waals surface area contributed by atoms with Gasteiger partial charge in [-0.2, -0.15) is 13.2 Å². The molecule has 0 radical (unpaired) electrons. The summed E-state index contributed by atoms with van der Waals surface area (Å²) >= 11 is 0. The number of rotatable bonds is 4. The first-order valence-corrected chi connectivity index (χ1v) is 7.77. The molecule has 3 aromatic heterocycles. The van der Waals surface area contributed by atoms with Crippen molar-refractivity contribution in [2.75, 3.05) is 5.73 Å². The quantitative estimate of drug-likeness (QED) is 0.739. The van der Waals surface area contributed by atoms with Crippen LogP contribution in [-0.4, -0.2) is 20.4 Å². The Morgan fingerprint density at radius 3 is 2.77 bits per heavy atom. The minimum absolute atomic E-state index is 0.116. The lowest BCUT2D eigenvalue weighted by Gasteiger charge is -2.08. The van der Waals surface area contributed by atoms with Crippen molar-refractivity contribution in [2.24, 2.45) is 0 Å². The van der Waals surface area contributed by atoms with Crippen molar-refractivity contribution in [3.05, 3.63) is 41.0 Å². The Morgan fingerprint density at radius 1 is 1.38 bits per heavy atom. The van der Waals surface area contributed by atoms with Gasteiger partial charge in [0.2, 0.25) is 11.7 Å². The zero-order valence-corrected chi connectivity index (χ0v) is 14.0. The lowest BCUT2D eigenvalue weighted by atomic mass is 10.2. The molecular weight excluding hydrogens is 351 g/mol. The van der Waals surface area contributed by atoms with Crippen LogP contribution in [0.5, 0.6) is 0 Å². The third kappa shape index (κ3) is 3.22. The van der Waals surface area contributed by atoms with Gasteiger partial charge in [0.25, 0.3) is 5.91 Å². The van der Waals surface area contributed by atoms with Crippen LogP contribution >= 0.6 is 0 Å². The van der Waals surface area contributed by atoms with E-state index in [2.05, 4.69) is 19.7 Å². The summed E-state index contributed by atoms with van der Waals surface area (Å²) in [5.74, 6) is -1.30. The number of fused-ring (bicyclic) bond motifs is 1. The van der Waals surface area contributed by atoms with Gasteiger partial charge in [-0.05, 0) is 26.0 Å². The van der Waals surface area contributed by atoms with Crippen LogP contribution in [0, 0.1) is 6.92 Å². The molecule has 0 atom stereocenters. The monoisotopic (exact) mass is 367 g/mol. The molecule has 26 heavy (non-hydrogen) atoms. The number of nitrogen functional groups attached to an aromatic ring is 1. The smallest absolute Gasteiger partial charge is 0.449 e. The van der Waals surface area contributed by atoms with E-state index < -0.39 is 17.8 Å². The van der Waals surface area contributed by atoms with Crippen LogP contribution in [0.4, 0.5) is 19.1 Å². The average molecular weight is 367 g/mol. The minimum atomic E-state index is -4.63. The number of imidazole rings is 1. The maximum absolute atomic E-state index is 12.9. The number of carbonyl (C=O) groups is 1. The average Bonchev–Trinajstić information content (AvgIpc) is 3.10. The molecule has 3 N–H and O–H groups in total. The van der Waals surface area contributed by atoms with E-state index in [9.17, 15) is 18.0 Å². The van der Waals surface area contributed by atoms with Crippen molar-refractivity contribution in [3.63, 3.8) is 0 Å². The van der Waals surface area contributed by atoms with Crippen molar-refractivity contribution < 1.29 is 22.4 Å². The molecule has 0 aromatic carbocycles. The van der Waals surface area contributed by atoms with Crippen LogP contribution in [0.15, 0.2) is 22.7 Å². The molecule has 0 aliphatic carbocycles. The first kappa shape index (κ1) is 17.8. The summed E-state index contributed by atoms with van der Waals surface area (Å²) in [6.45, 7) is 3.54. The SMILES string of the molecule is CCn1c(N)nc2cc(C(=O)NCc3cc(C)oc3C(F)(F)F)cnc21. The number of nitrogens with one attached hydrogen (secondary N) is 1. The molecule has 0 saturated carbocycles. The van der Waals surface area contributed by atoms with Crippen molar-refractivity contribution in [2.45, 2.75) is 33.1 Å². The number of hydrogen-bond acceptors (Lipinski definition) is 5. The predicted octanol–water partition coefficient (Wildman–Crippen LogP) is 2.88. The number of alkyl halides is 3. The Morgan fingerprint density at radius 2 is 2.12 bits per heavy atom. The topological polar surface area (TPSA) is 99.0 Å².